The van der Waals surface area contributed by atoms with Gasteiger partial charge >= 0.3 is 0 Å². The maximum absolute atomic E-state index is 12.3. The quantitative estimate of drug-likeness (QED) is 0.889. The van der Waals surface area contributed by atoms with Gasteiger partial charge in [0, 0.05) is 18.0 Å². The van der Waals surface area contributed by atoms with Crippen LogP contribution in [0.1, 0.15) is 46.1 Å². The highest BCUT2D eigenvalue weighted by Crippen LogP contribution is 2.29. The fourth-order valence-electron chi connectivity index (χ4n) is 2.89. The van der Waals surface area contributed by atoms with Crippen LogP contribution in [0.2, 0.25) is 0 Å². The number of pyridine rings is 1. The fraction of sp³-hybridized carbons (Fsp3) is 0.294. The number of amides is 1. The average molecular weight is 282 g/mol. The van der Waals surface area contributed by atoms with Gasteiger partial charge in [-0.15, -0.1) is 0 Å². The number of aryl methyl sites for hydroxylation is 2. The smallest absolute Gasteiger partial charge is 0.257 e. The van der Waals surface area contributed by atoms with Crippen molar-refractivity contribution in [3.63, 3.8) is 0 Å². The Morgan fingerprint density at radius 2 is 2.14 bits per heavy atom. The molecule has 0 fully saturated rings. The first kappa shape index (κ1) is 13.6. The number of hydrogen-bond acceptors (Lipinski definition) is 2. The molecule has 1 aromatic carbocycles. The van der Waals surface area contributed by atoms with Gasteiger partial charge in [0.25, 0.3) is 5.91 Å². The number of hydrogen-bond donors (Lipinski definition) is 2. The van der Waals surface area contributed by atoms with Crippen LogP contribution in [0, 0.1) is 6.92 Å². The van der Waals surface area contributed by atoms with E-state index < -0.39 is 0 Å². The summed E-state index contributed by atoms with van der Waals surface area (Å²) in [4.78, 5) is 27.1. The lowest BCUT2D eigenvalue weighted by atomic mass is 9.87. The van der Waals surface area contributed by atoms with Gasteiger partial charge in [-0.25, -0.2) is 0 Å². The monoisotopic (exact) mass is 282 g/mol. The van der Waals surface area contributed by atoms with Gasteiger partial charge in [0.2, 0.25) is 0 Å². The Morgan fingerprint density at radius 3 is 2.95 bits per heavy atom. The molecule has 1 aliphatic rings. The molecule has 1 aliphatic carbocycles. The maximum Gasteiger partial charge on any atom is 0.257 e. The maximum atomic E-state index is 12.3. The lowest BCUT2D eigenvalue weighted by molar-refractivity contribution is 0.0931. The summed E-state index contributed by atoms with van der Waals surface area (Å²) in [5.74, 6) is -0.307. The van der Waals surface area contributed by atoms with Crippen LogP contribution in [0.3, 0.4) is 0 Å². The second-order valence-corrected chi connectivity index (χ2v) is 5.51. The Kier molecular flexibility index (Phi) is 3.60. The van der Waals surface area contributed by atoms with Crippen molar-refractivity contribution in [2.75, 3.05) is 0 Å². The van der Waals surface area contributed by atoms with E-state index in [1.807, 2.05) is 12.1 Å². The van der Waals surface area contributed by atoms with E-state index in [0.717, 1.165) is 25.0 Å². The number of aromatic nitrogens is 1. The topological polar surface area (TPSA) is 62.0 Å². The lowest BCUT2D eigenvalue weighted by Crippen LogP contribution is -2.33. The van der Waals surface area contributed by atoms with Crippen molar-refractivity contribution in [1.82, 2.24) is 10.3 Å². The van der Waals surface area contributed by atoms with E-state index in [-0.39, 0.29) is 22.9 Å². The van der Waals surface area contributed by atoms with Gasteiger partial charge < -0.3 is 10.3 Å². The third-order valence-corrected chi connectivity index (χ3v) is 3.98. The molecule has 21 heavy (non-hydrogen) atoms. The first-order valence-corrected chi connectivity index (χ1v) is 7.23. The van der Waals surface area contributed by atoms with Crippen molar-refractivity contribution < 1.29 is 4.79 Å². The van der Waals surface area contributed by atoms with Gasteiger partial charge in [0.15, 0.2) is 5.43 Å². The molecule has 2 N–H and O–H groups in total. The highest BCUT2D eigenvalue weighted by atomic mass is 16.2. The second kappa shape index (κ2) is 5.56. The third kappa shape index (κ3) is 2.75. The van der Waals surface area contributed by atoms with Crippen LogP contribution < -0.4 is 10.7 Å². The van der Waals surface area contributed by atoms with Gasteiger partial charge in [-0.2, -0.15) is 0 Å². The molecule has 1 heterocycles. The Bertz CT molecular complexity index is 734. The molecule has 0 radical (unpaired) electrons. The predicted octanol–water partition coefficient (Wildman–Crippen LogP) is 2.49. The molecule has 1 unspecified atom stereocenters. The van der Waals surface area contributed by atoms with Crippen LogP contribution in [-0.2, 0) is 6.42 Å². The molecule has 0 bridgehead atoms. The van der Waals surface area contributed by atoms with E-state index in [0.29, 0.717) is 0 Å². The number of carbonyl (C=O) groups excluding carboxylic acids is 1. The summed E-state index contributed by atoms with van der Waals surface area (Å²) >= 11 is 0. The Labute approximate surface area is 123 Å². The van der Waals surface area contributed by atoms with Crippen molar-refractivity contribution in [1.29, 1.82) is 0 Å². The Hall–Kier alpha value is -2.36. The minimum atomic E-state index is -0.307. The predicted molar refractivity (Wildman–Crippen MR) is 81.4 cm³/mol. The number of carbonyl (C=O) groups is 1. The van der Waals surface area contributed by atoms with Crippen molar-refractivity contribution >= 4 is 5.91 Å². The first-order chi connectivity index (χ1) is 10.1. The molecule has 0 spiro atoms. The minimum Gasteiger partial charge on any atom is -0.364 e. The fourth-order valence-corrected chi connectivity index (χ4v) is 2.89. The van der Waals surface area contributed by atoms with Crippen molar-refractivity contribution in [3.05, 3.63) is 69.1 Å². The molecular weight excluding hydrogens is 264 g/mol. The molecule has 4 nitrogen and oxygen atoms in total. The highest BCUT2D eigenvalue weighted by Gasteiger charge is 2.22. The molecule has 1 amide bonds. The molecule has 2 aromatic rings. The summed E-state index contributed by atoms with van der Waals surface area (Å²) in [7, 11) is 0. The van der Waals surface area contributed by atoms with Crippen molar-refractivity contribution in [3.8, 4) is 0 Å². The minimum absolute atomic E-state index is 0.0110. The van der Waals surface area contributed by atoms with Crippen LogP contribution in [-0.4, -0.2) is 10.9 Å². The van der Waals surface area contributed by atoms with E-state index in [1.54, 1.807) is 6.92 Å². The molecule has 1 aromatic heterocycles. The summed E-state index contributed by atoms with van der Waals surface area (Å²) in [5.41, 5.74) is 3.13. The van der Waals surface area contributed by atoms with Crippen LogP contribution in [0.25, 0.3) is 0 Å². The number of nitrogens with one attached hydrogen (secondary N) is 2. The van der Waals surface area contributed by atoms with Crippen LogP contribution >= 0.6 is 0 Å². The molecule has 108 valence electrons. The van der Waals surface area contributed by atoms with Gasteiger partial charge in [0.1, 0.15) is 5.56 Å². The van der Waals surface area contributed by atoms with Crippen LogP contribution in [0.5, 0.6) is 0 Å². The number of H-pyrrole nitrogens is 1. The van der Waals surface area contributed by atoms with Crippen molar-refractivity contribution in [2.45, 2.75) is 32.2 Å². The Balaban J connectivity index is 1.84. The average Bonchev–Trinajstić information content (AvgIpc) is 2.47. The zero-order chi connectivity index (χ0) is 14.8. The molecule has 1 atom stereocenters. The van der Waals surface area contributed by atoms with Gasteiger partial charge in [-0.05, 0) is 37.3 Å². The molecular formula is C17H18N2O2. The normalized spacial score (nSPS) is 17.1. The summed E-state index contributed by atoms with van der Waals surface area (Å²) in [6.07, 6.45) is 4.49. The van der Waals surface area contributed by atoms with Gasteiger partial charge in [-0.3, -0.25) is 9.59 Å². The third-order valence-electron chi connectivity index (χ3n) is 3.98. The van der Waals surface area contributed by atoms with Crippen LogP contribution in [0.4, 0.5) is 0 Å². The lowest BCUT2D eigenvalue weighted by Gasteiger charge is -2.26. The molecule has 0 saturated carbocycles. The zero-order valence-electron chi connectivity index (χ0n) is 12.0. The number of benzene rings is 1. The second-order valence-electron chi connectivity index (χ2n) is 5.51. The highest BCUT2D eigenvalue weighted by molar-refractivity contribution is 5.94. The summed E-state index contributed by atoms with van der Waals surface area (Å²) in [6, 6.07) is 9.60. The Morgan fingerprint density at radius 1 is 1.33 bits per heavy atom. The summed E-state index contributed by atoms with van der Waals surface area (Å²) < 4.78 is 0. The van der Waals surface area contributed by atoms with Crippen LogP contribution in [0.15, 0.2) is 41.3 Å². The first-order valence-electron chi connectivity index (χ1n) is 7.23. The van der Waals surface area contributed by atoms with Gasteiger partial charge in [0.05, 0.1) is 6.04 Å². The number of fused-ring (bicyclic) bond motifs is 1. The van der Waals surface area contributed by atoms with Crippen molar-refractivity contribution in [2.24, 2.45) is 0 Å². The molecule has 3 rings (SSSR count). The largest absolute Gasteiger partial charge is 0.364 e. The summed E-state index contributed by atoms with van der Waals surface area (Å²) in [5, 5.41) is 2.99. The molecule has 4 heteroatoms. The molecule has 0 saturated heterocycles. The SMILES string of the molecule is Cc1cc(=O)c(C(=O)NC2CCCc3ccccc32)c[nH]1. The van der Waals surface area contributed by atoms with E-state index in [9.17, 15) is 9.59 Å². The summed E-state index contributed by atoms with van der Waals surface area (Å²) in [6.45, 7) is 1.79. The molecule has 0 aliphatic heterocycles. The number of rotatable bonds is 2. The van der Waals surface area contributed by atoms with E-state index >= 15 is 0 Å². The van der Waals surface area contributed by atoms with E-state index in [4.69, 9.17) is 0 Å². The van der Waals surface area contributed by atoms with E-state index in [1.165, 1.54) is 23.4 Å². The van der Waals surface area contributed by atoms with E-state index in [2.05, 4.69) is 22.4 Å². The standard InChI is InChI=1S/C17H18N2O2/c1-11-9-16(20)14(10-18-11)17(21)19-15-8-4-6-12-5-2-3-7-13(12)15/h2-3,5,7,9-10,15H,4,6,8H2,1H3,(H,18,20)(H,19,21). The zero-order valence-corrected chi connectivity index (χ0v) is 12.0. The number of aromatic amines is 1. The van der Waals surface area contributed by atoms with Gasteiger partial charge in [-0.1, -0.05) is 24.3 Å².